The average Bonchev–Trinajstić information content (AvgIpc) is 3.48. The molecule has 1 N–H and O–H groups in total. The largest absolute Gasteiger partial charge is 0.455 e. The average molecular weight is 446 g/mol. The standard InChI is InChI=1S/C26H24ClN3O2/c27-22-10-5-4-9-21(22)25-23-11-6-14-29(23)15-16-30(25)18-20-12-13-24(32-20)26(31)28-17-19-7-2-1-3-8-19/h1-14,25H,15-18H2,(H,28,31). The summed E-state index contributed by atoms with van der Waals surface area (Å²) >= 11 is 6.58. The van der Waals surface area contributed by atoms with E-state index < -0.39 is 0 Å². The summed E-state index contributed by atoms with van der Waals surface area (Å²) in [6.07, 6.45) is 2.11. The first-order valence-electron chi connectivity index (χ1n) is 10.7. The molecule has 5 rings (SSSR count). The van der Waals surface area contributed by atoms with Crippen LogP contribution in [0.25, 0.3) is 0 Å². The van der Waals surface area contributed by atoms with Crippen molar-refractivity contribution in [3.05, 3.63) is 118 Å². The highest BCUT2D eigenvalue weighted by molar-refractivity contribution is 6.31. The molecule has 5 nitrogen and oxygen atoms in total. The predicted octanol–water partition coefficient (Wildman–Crippen LogP) is 5.27. The smallest absolute Gasteiger partial charge is 0.287 e. The molecule has 1 aliphatic heterocycles. The van der Waals surface area contributed by atoms with Crippen LogP contribution >= 0.6 is 11.6 Å². The topological polar surface area (TPSA) is 50.4 Å². The minimum absolute atomic E-state index is 0.0212. The zero-order chi connectivity index (χ0) is 21.9. The first-order chi connectivity index (χ1) is 15.7. The maximum absolute atomic E-state index is 12.5. The second kappa shape index (κ2) is 9.07. The normalized spacial score (nSPS) is 16.0. The second-order valence-corrected chi connectivity index (χ2v) is 8.36. The van der Waals surface area contributed by atoms with Crippen molar-refractivity contribution in [1.82, 2.24) is 14.8 Å². The molecular weight excluding hydrogens is 422 g/mol. The van der Waals surface area contributed by atoms with E-state index in [0.29, 0.717) is 18.8 Å². The van der Waals surface area contributed by atoms with Crippen molar-refractivity contribution in [2.24, 2.45) is 0 Å². The van der Waals surface area contributed by atoms with Gasteiger partial charge in [0.2, 0.25) is 0 Å². The van der Waals surface area contributed by atoms with E-state index in [9.17, 15) is 4.79 Å². The van der Waals surface area contributed by atoms with Crippen LogP contribution in [-0.2, 0) is 19.6 Å². The van der Waals surface area contributed by atoms with Crippen LogP contribution in [0.1, 0.15) is 39.2 Å². The number of halogens is 1. The summed E-state index contributed by atoms with van der Waals surface area (Å²) in [5.74, 6) is 0.868. The molecule has 6 heteroatoms. The second-order valence-electron chi connectivity index (χ2n) is 7.96. The van der Waals surface area contributed by atoms with Gasteiger partial charge in [0.05, 0.1) is 12.6 Å². The molecule has 0 saturated carbocycles. The Balaban J connectivity index is 1.33. The first-order valence-corrected chi connectivity index (χ1v) is 11.1. The van der Waals surface area contributed by atoms with Crippen LogP contribution in [0.5, 0.6) is 0 Å². The van der Waals surface area contributed by atoms with Crippen LogP contribution in [0.4, 0.5) is 0 Å². The van der Waals surface area contributed by atoms with E-state index in [0.717, 1.165) is 35.0 Å². The Morgan fingerprint density at radius 1 is 0.969 bits per heavy atom. The van der Waals surface area contributed by atoms with Gasteiger partial charge in [-0.1, -0.05) is 60.1 Å². The molecule has 162 valence electrons. The first kappa shape index (κ1) is 20.6. The van der Waals surface area contributed by atoms with E-state index in [1.54, 1.807) is 6.07 Å². The van der Waals surface area contributed by atoms with Gasteiger partial charge in [0.25, 0.3) is 5.91 Å². The van der Waals surface area contributed by atoms with Crippen LogP contribution in [-0.4, -0.2) is 21.9 Å². The van der Waals surface area contributed by atoms with Crippen molar-refractivity contribution in [3.63, 3.8) is 0 Å². The van der Waals surface area contributed by atoms with Crippen molar-refractivity contribution in [1.29, 1.82) is 0 Å². The van der Waals surface area contributed by atoms with Crippen LogP contribution in [0.15, 0.2) is 89.5 Å². The number of nitrogens with one attached hydrogen (secondary N) is 1. The summed E-state index contributed by atoms with van der Waals surface area (Å²) in [4.78, 5) is 14.9. The molecule has 1 aliphatic rings. The lowest BCUT2D eigenvalue weighted by Gasteiger charge is -2.37. The number of rotatable bonds is 6. The Kier molecular flexibility index (Phi) is 5.84. The Bertz CT molecular complexity index is 1210. The van der Waals surface area contributed by atoms with E-state index >= 15 is 0 Å². The minimum atomic E-state index is -0.213. The molecule has 1 amide bonds. The summed E-state index contributed by atoms with van der Waals surface area (Å²) in [6, 6.07) is 25.7. The Labute approximate surface area is 192 Å². The van der Waals surface area contributed by atoms with Gasteiger partial charge in [-0.15, -0.1) is 0 Å². The summed E-state index contributed by atoms with van der Waals surface area (Å²) in [5, 5.41) is 3.66. The van der Waals surface area contributed by atoms with Crippen LogP contribution in [0.2, 0.25) is 5.02 Å². The molecule has 1 unspecified atom stereocenters. The van der Waals surface area contributed by atoms with Crippen LogP contribution < -0.4 is 5.32 Å². The third-order valence-corrected chi connectivity index (χ3v) is 6.22. The molecule has 2 aromatic heterocycles. The fraction of sp³-hybridized carbons (Fsp3) is 0.192. The molecule has 0 saturated heterocycles. The van der Waals surface area contributed by atoms with Crippen molar-refractivity contribution >= 4 is 17.5 Å². The molecule has 32 heavy (non-hydrogen) atoms. The fourth-order valence-corrected chi connectivity index (χ4v) is 4.54. The predicted molar refractivity (Wildman–Crippen MR) is 124 cm³/mol. The van der Waals surface area contributed by atoms with Gasteiger partial charge in [-0.05, 0) is 41.5 Å². The third kappa shape index (κ3) is 4.22. The van der Waals surface area contributed by atoms with Gasteiger partial charge in [0.1, 0.15) is 5.76 Å². The maximum atomic E-state index is 12.5. The Morgan fingerprint density at radius 3 is 2.62 bits per heavy atom. The zero-order valence-electron chi connectivity index (χ0n) is 17.6. The monoisotopic (exact) mass is 445 g/mol. The molecule has 4 aromatic rings. The lowest BCUT2D eigenvalue weighted by Crippen LogP contribution is -2.38. The summed E-state index contributed by atoms with van der Waals surface area (Å²) in [6.45, 7) is 2.81. The molecule has 0 bridgehead atoms. The van der Waals surface area contributed by atoms with E-state index in [2.05, 4.69) is 39.2 Å². The lowest BCUT2D eigenvalue weighted by atomic mass is 9.99. The molecule has 0 radical (unpaired) electrons. The van der Waals surface area contributed by atoms with Gasteiger partial charge in [-0.25, -0.2) is 0 Å². The highest BCUT2D eigenvalue weighted by Gasteiger charge is 2.30. The van der Waals surface area contributed by atoms with Crippen molar-refractivity contribution < 1.29 is 9.21 Å². The highest BCUT2D eigenvalue weighted by atomic mass is 35.5. The van der Waals surface area contributed by atoms with Gasteiger partial charge in [-0.2, -0.15) is 0 Å². The molecule has 0 fully saturated rings. The van der Waals surface area contributed by atoms with Gasteiger partial charge >= 0.3 is 0 Å². The molecule has 2 aromatic carbocycles. The van der Waals surface area contributed by atoms with Gasteiger partial charge in [0.15, 0.2) is 5.76 Å². The molecule has 0 aliphatic carbocycles. The van der Waals surface area contributed by atoms with E-state index in [-0.39, 0.29) is 11.9 Å². The number of fused-ring (bicyclic) bond motifs is 1. The molecule has 3 heterocycles. The number of furan rings is 1. The summed E-state index contributed by atoms with van der Waals surface area (Å²) in [7, 11) is 0. The SMILES string of the molecule is O=C(NCc1ccccc1)c1ccc(CN2CCn3cccc3C2c2ccccc2Cl)o1. The van der Waals surface area contributed by atoms with E-state index in [4.69, 9.17) is 16.0 Å². The molecule has 1 atom stereocenters. The van der Waals surface area contributed by atoms with Crippen molar-refractivity contribution in [3.8, 4) is 0 Å². The number of hydrogen-bond donors (Lipinski definition) is 1. The van der Waals surface area contributed by atoms with E-state index in [1.165, 1.54) is 5.69 Å². The van der Waals surface area contributed by atoms with Crippen LogP contribution in [0, 0.1) is 0 Å². The molecule has 0 spiro atoms. The number of benzene rings is 2. The fourth-order valence-electron chi connectivity index (χ4n) is 4.31. The Morgan fingerprint density at radius 2 is 1.78 bits per heavy atom. The lowest BCUT2D eigenvalue weighted by molar-refractivity contribution is 0.0916. The summed E-state index contributed by atoms with van der Waals surface area (Å²) < 4.78 is 8.20. The quantitative estimate of drug-likeness (QED) is 0.440. The number of aromatic nitrogens is 1. The minimum Gasteiger partial charge on any atom is -0.455 e. The zero-order valence-corrected chi connectivity index (χ0v) is 18.3. The number of hydrogen-bond acceptors (Lipinski definition) is 3. The third-order valence-electron chi connectivity index (χ3n) is 5.88. The van der Waals surface area contributed by atoms with Gasteiger partial charge < -0.3 is 14.3 Å². The number of amides is 1. The van der Waals surface area contributed by atoms with Gasteiger partial charge in [-0.3, -0.25) is 9.69 Å². The van der Waals surface area contributed by atoms with Crippen LogP contribution in [0.3, 0.4) is 0 Å². The number of nitrogens with zero attached hydrogens (tertiary/aromatic N) is 2. The number of carbonyl (C=O) groups excluding carboxylic acids is 1. The maximum Gasteiger partial charge on any atom is 0.287 e. The van der Waals surface area contributed by atoms with E-state index in [1.807, 2.05) is 54.6 Å². The van der Waals surface area contributed by atoms with Crippen molar-refractivity contribution in [2.75, 3.05) is 6.54 Å². The van der Waals surface area contributed by atoms with Gasteiger partial charge in [0, 0.05) is 36.5 Å². The Hall–Kier alpha value is -3.28. The highest BCUT2D eigenvalue weighted by Crippen LogP contribution is 2.36. The number of carbonyl (C=O) groups is 1. The summed E-state index contributed by atoms with van der Waals surface area (Å²) in [5.41, 5.74) is 3.32. The molecular formula is C26H24ClN3O2. The van der Waals surface area contributed by atoms with Crippen molar-refractivity contribution in [2.45, 2.75) is 25.7 Å².